The summed E-state index contributed by atoms with van der Waals surface area (Å²) in [5.74, 6) is 4.44. The molecule has 138 valence electrons. The van der Waals surface area contributed by atoms with Gasteiger partial charge in [-0.15, -0.1) is 0 Å². The molecule has 0 aliphatic carbocycles. The molecule has 0 spiro atoms. The smallest absolute Gasteiger partial charge is 0.354 e. The largest absolute Gasteiger partial charge is 0.477 e. The molecule has 0 bridgehead atoms. The van der Waals surface area contributed by atoms with E-state index >= 15 is 0 Å². The second-order valence-corrected chi connectivity index (χ2v) is 5.69. The summed E-state index contributed by atoms with van der Waals surface area (Å²) in [6.45, 7) is 4.27. The van der Waals surface area contributed by atoms with Crippen molar-refractivity contribution in [2.24, 2.45) is 0 Å². The highest BCUT2D eigenvalue weighted by Gasteiger charge is 2.17. The number of aliphatic carboxylic acids is 1. The summed E-state index contributed by atoms with van der Waals surface area (Å²) in [5, 5.41) is 14.9. The second kappa shape index (κ2) is 9.83. The number of allylic oxidation sites excluding steroid dienone is 1. The van der Waals surface area contributed by atoms with E-state index in [-0.39, 0.29) is 5.70 Å². The minimum Gasteiger partial charge on any atom is -0.477 e. The summed E-state index contributed by atoms with van der Waals surface area (Å²) in [6.07, 6.45) is 0.476. The molecule has 0 fully saturated rings. The number of hydrogen-bond donors (Lipinski definition) is 3. The first-order chi connectivity index (χ1) is 13.0. The number of benzene rings is 2. The van der Waals surface area contributed by atoms with E-state index in [1.54, 1.807) is 24.3 Å². The first-order valence-electron chi connectivity index (χ1n) is 8.74. The van der Waals surface area contributed by atoms with Crippen LogP contribution < -0.4 is 10.6 Å². The van der Waals surface area contributed by atoms with Gasteiger partial charge in [0.2, 0.25) is 0 Å². The van der Waals surface area contributed by atoms with E-state index in [0.717, 1.165) is 11.1 Å². The summed E-state index contributed by atoms with van der Waals surface area (Å²) in [7, 11) is 0. The Labute approximate surface area is 159 Å². The van der Waals surface area contributed by atoms with Crippen LogP contribution in [0.3, 0.4) is 0 Å². The van der Waals surface area contributed by atoms with Gasteiger partial charge in [-0.2, -0.15) is 0 Å². The van der Waals surface area contributed by atoms with Crippen LogP contribution in [0, 0.1) is 11.8 Å². The van der Waals surface area contributed by atoms with Gasteiger partial charge in [0.25, 0.3) is 5.91 Å². The van der Waals surface area contributed by atoms with Crippen LogP contribution in [-0.4, -0.2) is 23.5 Å². The van der Waals surface area contributed by atoms with Crippen molar-refractivity contribution in [1.29, 1.82) is 0 Å². The maximum absolute atomic E-state index is 12.4. The number of hydrogen-bond acceptors (Lipinski definition) is 3. The number of nitrogens with one attached hydrogen (secondary N) is 2. The molecule has 0 atom stereocenters. The third kappa shape index (κ3) is 5.75. The van der Waals surface area contributed by atoms with E-state index in [0.29, 0.717) is 24.2 Å². The first kappa shape index (κ1) is 19.8. The predicted octanol–water partition coefficient (Wildman–Crippen LogP) is 3.13. The van der Waals surface area contributed by atoms with Gasteiger partial charge < -0.3 is 15.7 Å². The standard InChI is InChI=1S/C22H22N2O3/c1-3-19(23-4-2)20(22(26)27)24-21(25)18-14-12-17(13-15-18)11-10-16-8-6-5-7-9-16/h5-9,12-15,23H,3-4H2,1-2H3,(H,24,25)(H,26,27)/b20-19+. The highest BCUT2D eigenvalue weighted by Crippen LogP contribution is 2.08. The van der Waals surface area contributed by atoms with Gasteiger partial charge in [-0.25, -0.2) is 4.79 Å². The van der Waals surface area contributed by atoms with Crippen LogP contribution in [0.1, 0.15) is 41.8 Å². The second-order valence-electron chi connectivity index (χ2n) is 5.69. The molecule has 2 rings (SSSR count). The number of rotatable bonds is 6. The SMILES string of the molecule is CCN/C(CC)=C(/NC(=O)c1ccc(C#Cc2ccccc2)cc1)C(=O)O. The summed E-state index contributed by atoms with van der Waals surface area (Å²) >= 11 is 0. The monoisotopic (exact) mass is 362 g/mol. The summed E-state index contributed by atoms with van der Waals surface area (Å²) < 4.78 is 0. The zero-order valence-electron chi connectivity index (χ0n) is 15.4. The molecule has 2 aromatic rings. The van der Waals surface area contributed by atoms with Crippen LogP contribution in [0.25, 0.3) is 0 Å². The molecular weight excluding hydrogens is 340 g/mol. The van der Waals surface area contributed by atoms with Crippen molar-refractivity contribution >= 4 is 11.9 Å². The predicted molar refractivity (Wildman–Crippen MR) is 105 cm³/mol. The van der Waals surface area contributed by atoms with Gasteiger partial charge in [0.15, 0.2) is 0 Å². The van der Waals surface area contributed by atoms with Gasteiger partial charge in [0.05, 0.1) is 0 Å². The minimum atomic E-state index is -1.17. The lowest BCUT2D eigenvalue weighted by molar-refractivity contribution is -0.133. The van der Waals surface area contributed by atoms with Crippen molar-refractivity contribution in [1.82, 2.24) is 10.6 Å². The van der Waals surface area contributed by atoms with Crippen LogP contribution in [0.4, 0.5) is 0 Å². The van der Waals surface area contributed by atoms with Gasteiger partial charge in [0, 0.05) is 28.9 Å². The number of amides is 1. The summed E-state index contributed by atoms with van der Waals surface area (Å²) in [4.78, 5) is 23.9. The Bertz CT molecular complexity index is 889. The molecule has 3 N–H and O–H groups in total. The first-order valence-corrected chi connectivity index (χ1v) is 8.74. The minimum absolute atomic E-state index is 0.128. The highest BCUT2D eigenvalue weighted by molar-refractivity contribution is 6.00. The average molecular weight is 362 g/mol. The topological polar surface area (TPSA) is 78.4 Å². The molecule has 1 amide bonds. The molecule has 5 nitrogen and oxygen atoms in total. The van der Waals surface area contributed by atoms with E-state index in [2.05, 4.69) is 22.5 Å². The lowest BCUT2D eigenvalue weighted by atomic mass is 10.1. The average Bonchev–Trinajstić information content (AvgIpc) is 2.69. The molecule has 0 saturated carbocycles. The number of carboxylic acid groups (broad SMARTS) is 1. The van der Waals surface area contributed by atoms with Crippen molar-refractivity contribution < 1.29 is 14.7 Å². The van der Waals surface area contributed by atoms with E-state index in [1.165, 1.54) is 0 Å². The molecule has 0 aliphatic heterocycles. The highest BCUT2D eigenvalue weighted by atomic mass is 16.4. The fourth-order valence-electron chi connectivity index (χ4n) is 2.42. The van der Waals surface area contributed by atoms with Gasteiger partial charge in [-0.3, -0.25) is 4.79 Å². The fraction of sp³-hybridized carbons (Fsp3) is 0.182. The fourth-order valence-corrected chi connectivity index (χ4v) is 2.42. The van der Waals surface area contributed by atoms with Crippen molar-refractivity contribution in [3.05, 3.63) is 82.7 Å². The quantitative estimate of drug-likeness (QED) is 0.545. The molecule has 0 aromatic heterocycles. The van der Waals surface area contributed by atoms with E-state index < -0.39 is 11.9 Å². The van der Waals surface area contributed by atoms with Gasteiger partial charge in [0.1, 0.15) is 5.70 Å². The summed E-state index contributed by atoms with van der Waals surface area (Å²) in [6, 6.07) is 16.3. The Morgan fingerprint density at radius 3 is 2.04 bits per heavy atom. The van der Waals surface area contributed by atoms with Crippen molar-refractivity contribution in [2.45, 2.75) is 20.3 Å². The molecule has 27 heavy (non-hydrogen) atoms. The Morgan fingerprint density at radius 2 is 1.52 bits per heavy atom. The van der Waals surface area contributed by atoms with Crippen molar-refractivity contribution in [2.75, 3.05) is 6.54 Å². The number of carboxylic acids is 1. The van der Waals surface area contributed by atoms with Gasteiger partial charge in [-0.05, 0) is 49.7 Å². The maximum Gasteiger partial charge on any atom is 0.354 e. The number of carbonyl (C=O) groups excluding carboxylic acids is 1. The third-order valence-electron chi connectivity index (χ3n) is 3.77. The van der Waals surface area contributed by atoms with Crippen LogP contribution in [0.15, 0.2) is 66.0 Å². The molecule has 0 aliphatic rings. The van der Waals surface area contributed by atoms with Crippen molar-refractivity contribution in [3.8, 4) is 11.8 Å². The lowest BCUT2D eigenvalue weighted by Crippen LogP contribution is -2.31. The Balaban J connectivity index is 2.15. The third-order valence-corrected chi connectivity index (χ3v) is 3.77. The normalized spacial score (nSPS) is 10.9. The zero-order valence-corrected chi connectivity index (χ0v) is 15.4. The van der Waals surface area contributed by atoms with Crippen LogP contribution in [0.5, 0.6) is 0 Å². The molecule has 0 heterocycles. The van der Waals surface area contributed by atoms with E-state index in [4.69, 9.17) is 0 Å². The molecule has 0 unspecified atom stereocenters. The number of carbonyl (C=O) groups is 2. The summed E-state index contributed by atoms with van der Waals surface area (Å²) in [5.41, 5.74) is 2.41. The van der Waals surface area contributed by atoms with Gasteiger partial charge >= 0.3 is 5.97 Å². The van der Waals surface area contributed by atoms with Crippen LogP contribution >= 0.6 is 0 Å². The van der Waals surface area contributed by atoms with Crippen molar-refractivity contribution in [3.63, 3.8) is 0 Å². The Morgan fingerprint density at radius 1 is 0.926 bits per heavy atom. The molecular formula is C22H22N2O3. The van der Waals surface area contributed by atoms with Crippen LogP contribution in [0.2, 0.25) is 0 Å². The molecule has 0 radical (unpaired) electrons. The maximum atomic E-state index is 12.4. The van der Waals surface area contributed by atoms with E-state index in [1.807, 2.05) is 44.2 Å². The van der Waals surface area contributed by atoms with Gasteiger partial charge in [-0.1, -0.05) is 37.0 Å². The Hall–Kier alpha value is -3.52. The lowest BCUT2D eigenvalue weighted by Gasteiger charge is -2.13. The van der Waals surface area contributed by atoms with E-state index in [9.17, 15) is 14.7 Å². The zero-order chi connectivity index (χ0) is 19.6. The van der Waals surface area contributed by atoms with Crippen LogP contribution in [-0.2, 0) is 4.79 Å². The molecule has 2 aromatic carbocycles. The molecule has 5 heteroatoms. The molecule has 0 saturated heterocycles. The Kier molecular flexibility index (Phi) is 7.21.